The summed E-state index contributed by atoms with van der Waals surface area (Å²) in [6.07, 6.45) is 0. The summed E-state index contributed by atoms with van der Waals surface area (Å²) in [5.41, 5.74) is 6.88. The minimum absolute atomic E-state index is 0.0699. The Bertz CT molecular complexity index is 587. The van der Waals surface area contributed by atoms with Crippen molar-refractivity contribution in [1.29, 1.82) is 0 Å². The van der Waals surface area contributed by atoms with Gasteiger partial charge in [0.2, 0.25) is 0 Å². The van der Waals surface area contributed by atoms with Crippen molar-refractivity contribution in [2.24, 2.45) is 12.8 Å². The van der Waals surface area contributed by atoms with E-state index in [1.165, 1.54) is 0 Å². The standard InChI is InChI=1S/C12H14N2O2/c1-14-11-8(4-3-5-10(11)16-2)6-9(7-13)12(14)15/h3-6H,7,13H2,1-2H3. The van der Waals surface area contributed by atoms with Crippen LogP contribution in [0.4, 0.5) is 0 Å². The predicted molar refractivity (Wildman–Crippen MR) is 63.6 cm³/mol. The lowest BCUT2D eigenvalue weighted by molar-refractivity contribution is 0.417. The summed E-state index contributed by atoms with van der Waals surface area (Å²) >= 11 is 0. The molecule has 0 saturated carbocycles. The van der Waals surface area contributed by atoms with Crippen LogP contribution in [-0.2, 0) is 13.6 Å². The summed E-state index contributed by atoms with van der Waals surface area (Å²) < 4.78 is 6.83. The number of benzene rings is 1. The first-order valence-electron chi connectivity index (χ1n) is 5.04. The highest BCUT2D eigenvalue weighted by Crippen LogP contribution is 2.23. The number of aryl methyl sites for hydroxylation is 1. The van der Waals surface area contributed by atoms with Crippen molar-refractivity contribution in [3.63, 3.8) is 0 Å². The lowest BCUT2D eigenvalue weighted by Crippen LogP contribution is -2.23. The van der Waals surface area contributed by atoms with E-state index in [0.717, 1.165) is 10.9 Å². The van der Waals surface area contributed by atoms with Gasteiger partial charge in [0.15, 0.2) is 0 Å². The molecule has 0 aliphatic carbocycles. The summed E-state index contributed by atoms with van der Waals surface area (Å²) in [5.74, 6) is 0.695. The smallest absolute Gasteiger partial charge is 0.255 e. The van der Waals surface area contributed by atoms with Gasteiger partial charge in [0, 0.05) is 24.5 Å². The molecule has 0 aliphatic rings. The molecular weight excluding hydrogens is 204 g/mol. The van der Waals surface area contributed by atoms with Gasteiger partial charge in [-0.15, -0.1) is 0 Å². The molecule has 2 N–H and O–H groups in total. The van der Waals surface area contributed by atoms with Gasteiger partial charge >= 0.3 is 0 Å². The normalized spacial score (nSPS) is 10.7. The number of nitrogens with zero attached hydrogens (tertiary/aromatic N) is 1. The molecule has 0 bridgehead atoms. The van der Waals surface area contributed by atoms with E-state index in [2.05, 4.69) is 0 Å². The van der Waals surface area contributed by atoms with Crippen LogP contribution in [0.2, 0.25) is 0 Å². The minimum atomic E-state index is -0.0699. The van der Waals surface area contributed by atoms with E-state index in [1.54, 1.807) is 18.7 Å². The number of hydrogen-bond donors (Lipinski definition) is 1. The number of para-hydroxylation sites is 1. The van der Waals surface area contributed by atoms with Crippen LogP contribution in [0.3, 0.4) is 0 Å². The van der Waals surface area contributed by atoms with Gasteiger partial charge in [0.25, 0.3) is 5.56 Å². The van der Waals surface area contributed by atoms with E-state index in [1.807, 2.05) is 24.3 Å². The van der Waals surface area contributed by atoms with Crippen molar-refractivity contribution in [2.75, 3.05) is 7.11 Å². The predicted octanol–water partition coefficient (Wildman–Crippen LogP) is 1.01. The Hall–Kier alpha value is -1.81. The Morgan fingerprint density at radius 2 is 2.19 bits per heavy atom. The third kappa shape index (κ3) is 1.47. The van der Waals surface area contributed by atoms with Crippen LogP contribution in [0.1, 0.15) is 5.56 Å². The fraction of sp³-hybridized carbons (Fsp3) is 0.250. The topological polar surface area (TPSA) is 57.2 Å². The Labute approximate surface area is 93.3 Å². The lowest BCUT2D eigenvalue weighted by Gasteiger charge is -2.11. The number of fused-ring (bicyclic) bond motifs is 1. The highest BCUT2D eigenvalue weighted by Gasteiger charge is 2.08. The molecule has 84 valence electrons. The molecule has 2 rings (SSSR count). The van der Waals surface area contributed by atoms with Gasteiger partial charge < -0.3 is 15.0 Å². The second kappa shape index (κ2) is 3.98. The zero-order chi connectivity index (χ0) is 11.7. The molecule has 4 heteroatoms. The van der Waals surface area contributed by atoms with Gasteiger partial charge in [0.05, 0.1) is 12.6 Å². The second-order valence-electron chi connectivity index (χ2n) is 3.64. The Kier molecular flexibility index (Phi) is 2.66. The Balaban J connectivity index is 2.93. The molecule has 0 atom stereocenters. The van der Waals surface area contributed by atoms with E-state index >= 15 is 0 Å². The maximum absolute atomic E-state index is 11.9. The van der Waals surface area contributed by atoms with Gasteiger partial charge in [-0.05, 0) is 12.1 Å². The summed E-state index contributed by atoms with van der Waals surface area (Å²) in [6.45, 7) is 0.250. The molecule has 1 heterocycles. The molecule has 0 spiro atoms. The lowest BCUT2D eigenvalue weighted by atomic mass is 10.1. The second-order valence-corrected chi connectivity index (χ2v) is 3.64. The molecule has 2 aromatic rings. The first kappa shape index (κ1) is 10.7. The van der Waals surface area contributed by atoms with Crippen LogP contribution in [0.25, 0.3) is 10.9 Å². The Morgan fingerprint density at radius 1 is 1.44 bits per heavy atom. The van der Waals surface area contributed by atoms with E-state index in [4.69, 9.17) is 10.5 Å². The highest BCUT2D eigenvalue weighted by atomic mass is 16.5. The summed E-state index contributed by atoms with van der Waals surface area (Å²) in [5, 5.41) is 0.960. The zero-order valence-corrected chi connectivity index (χ0v) is 9.36. The van der Waals surface area contributed by atoms with Crippen LogP contribution in [0, 0.1) is 0 Å². The van der Waals surface area contributed by atoms with E-state index < -0.39 is 0 Å². The molecule has 1 aromatic carbocycles. The molecule has 0 radical (unpaired) electrons. The molecule has 0 unspecified atom stereocenters. The van der Waals surface area contributed by atoms with Gasteiger partial charge in [-0.3, -0.25) is 4.79 Å². The molecule has 0 fully saturated rings. The van der Waals surface area contributed by atoms with Crippen LogP contribution < -0.4 is 16.0 Å². The summed E-state index contributed by atoms with van der Waals surface area (Å²) in [7, 11) is 3.32. The molecular formula is C12H14N2O2. The first-order valence-corrected chi connectivity index (χ1v) is 5.04. The molecule has 4 nitrogen and oxygen atoms in total. The van der Waals surface area contributed by atoms with Crippen molar-refractivity contribution < 1.29 is 4.74 Å². The molecule has 0 saturated heterocycles. The van der Waals surface area contributed by atoms with Gasteiger partial charge in [-0.1, -0.05) is 12.1 Å². The molecule has 16 heavy (non-hydrogen) atoms. The van der Waals surface area contributed by atoms with Crippen molar-refractivity contribution in [3.8, 4) is 5.75 Å². The summed E-state index contributed by atoms with van der Waals surface area (Å²) in [6, 6.07) is 7.49. The fourth-order valence-corrected chi connectivity index (χ4v) is 1.89. The van der Waals surface area contributed by atoms with Crippen molar-refractivity contribution in [3.05, 3.63) is 40.2 Å². The van der Waals surface area contributed by atoms with Crippen molar-refractivity contribution in [2.45, 2.75) is 6.54 Å². The van der Waals surface area contributed by atoms with Crippen LogP contribution in [0.15, 0.2) is 29.1 Å². The van der Waals surface area contributed by atoms with Crippen LogP contribution >= 0.6 is 0 Å². The average Bonchev–Trinajstić information content (AvgIpc) is 2.32. The van der Waals surface area contributed by atoms with Crippen LogP contribution in [-0.4, -0.2) is 11.7 Å². The molecule has 0 amide bonds. The highest BCUT2D eigenvalue weighted by molar-refractivity contribution is 5.85. The van der Waals surface area contributed by atoms with Crippen molar-refractivity contribution >= 4 is 10.9 Å². The van der Waals surface area contributed by atoms with Gasteiger partial charge in [0.1, 0.15) is 5.75 Å². The molecule has 1 aromatic heterocycles. The largest absolute Gasteiger partial charge is 0.495 e. The number of nitrogens with two attached hydrogens (primary N) is 1. The first-order chi connectivity index (χ1) is 7.69. The van der Waals surface area contributed by atoms with E-state index in [-0.39, 0.29) is 12.1 Å². The number of rotatable bonds is 2. The average molecular weight is 218 g/mol. The minimum Gasteiger partial charge on any atom is -0.495 e. The number of pyridine rings is 1. The van der Waals surface area contributed by atoms with Gasteiger partial charge in [-0.25, -0.2) is 0 Å². The van der Waals surface area contributed by atoms with E-state index in [0.29, 0.717) is 11.3 Å². The number of aromatic nitrogens is 1. The number of hydrogen-bond acceptors (Lipinski definition) is 3. The SMILES string of the molecule is COc1cccc2cc(CN)c(=O)n(C)c12. The number of methoxy groups -OCH3 is 1. The number of ether oxygens (including phenoxy) is 1. The zero-order valence-electron chi connectivity index (χ0n) is 9.36. The maximum Gasteiger partial charge on any atom is 0.255 e. The van der Waals surface area contributed by atoms with Crippen LogP contribution in [0.5, 0.6) is 5.75 Å². The third-order valence-corrected chi connectivity index (χ3v) is 2.71. The molecule has 0 aliphatic heterocycles. The fourth-order valence-electron chi connectivity index (χ4n) is 1.89. The Morgan fingerprint density at radius 3 is 2.81 bits per heavy atom. The maximum atomic E-state index is 11.9. The van der Waals surface area contributed by atoms with Gasteiger partial charge in [-0.2, -0.15) is 0 Å². The third-order valence-electron chi connectivity index (χ3n) is 2.71. The van der Waals surface area contributed by atoms with Crippen molar-refractivity contribution in [1.82, 2.24) is 4.57 Å². The van der Waals surface area contributed by atoms with E-state index in [9.17, 15) is 4.79 Å². The summed E-state index contributed by atoms with van der Waals surface area (Å²) in [4.78, 5) is 11.9. The monoisotopic (exact) mass is 218 g/mol. The quantitative estimate of drug-likeness (QED) is 0.818.